The van der Waals surface area contributed by atoms with Crippen molar-refractivity contribution in [2.75, 3.05) is 5.32 Å². The Bertz CT molecular complexity index is 700. The number of carbonyl (C=O) groups excluding carboxylic acids is 1. The maximum absolute atomic E-state index is 11.0. The van der Waals surface area contributed by atoms with Crippen molar-refractivity contribution in [3.05, 3.63) is 35.7 Å². The molecule has 0 saturated carbocycles. The summed E-state index contributed by atoms with van der Waals surface area (Å²) in [4.78, 5) is 12.3. The van der Waals surface area contributed by atoms with Gasteiger partial charge in [0.15, 0.2) is 5.82 Å². The van der Waals surface area contributed by atoms with E-state index in [0.717, 1.165) is 16.5 Å². The fourth-order valence-electron chi connectivity index (χ4n) is 1.88. The van der Waals surface area contributed by atoms with E-state index in [1.807, 2.05) is 24.3 Å². The highest BCUT2D eigenvalue weighted by atomic mass is 32.1. The lowest BCUT2D eigenvalue weighted by molar-refractivity contribution is -0.114. The number of aromatic amines is 1. The number of aromatic nitrogens is 2. The van der Waals surface area contributed by atoms with Gasteiger partial charge >= 0.3 is 0 Å². The van der Waals surface area contributed by atoms with E-state index in [-0.39, 0.29) is 5.91 Å². The molecule has 0 aliphatic carbocycles. The molecule has 5 heteroatoms. The second-order valence-electron chi connectivity index (χ2n) is 3.99. The van der Waals surface area contributed by atoms with Gasteiger partial charge in [-0.25, -0.2) is 0 Å². The third kappa shape index (κ3) is 1.89. The first-order chi connectivity index (χ1) is 8.74. The zero-order valence-electron chi connectivity index (χ0n) is 9.73. The Morgan fingerprint density at radius 2 is 2.28 bits per heavy atom. The molecular weight excluding hydrogens is 246 g/mol. The number of H-pyrrole nitrogens is 1. The van der Waals surface area contributed by atoms with E-state index in [1.54, 1.807) is 11.3 Å². The van der Waals surface area contributed by atoms with Crippen molar-refractivity contribution in [2.24, 2.45) is 0 Å². The Kier molecular flexibility index (Phi) is 2.60. The molecule has 0 unspecified atom stereocenters. The van der Waals surface area contributed by atoms with Crippen molar-refractivity contribution in [2.45, 2.75) is 6.92 Å². The number of benzene rings is 1. The van der Waals surface area contributed by atoms with Gasteiger partial charge in [-0.2, -0.15) is 5.10 Å². The Morgan fingerprint density at radius 3 is 3.00 bits per heavy atom. The lowest BCUT2D eigenvalue weighted by Crippen LogP contribution is -2.06. The van der Waals surface area contributed by atoms with Gasteiger partial charge in [-0.15, -0.1) is 11.3 Å². The zero-order chi connectivity index (χ0) is 12.5. The van der Waals surface area contributed by atoms with Gasteiger partial charge in [-0.05, 0) is 29.1 Å². The molecule has 0 aliphatic rings. The average Bonchev–Trinajstić information content (AvgIpc) is 2.97. The van der Waals surface area contributed by atoms with Crippen LogP contribution in [0.25, 0.3) is 21.3 Å². The molecule has 0 saturated heterocycles. The molecule has 0 bridgehead atoms. The number of rotatable bonds is 2. The number of nitrogens with zero attached hydrogens (tertiary/aromatic N) is 1. The van der Waals surface area contributed by atoms with Gasteiger partial charge in [-0.3, -0.25) is 9.89 Å². The third-order valence-electron chi connectivity index (χ3n) is 2.66. The molecule has 3 rings (SSSR count). The molecule has 0 aliphatic heterocycles. The largest absolute Gasteiger partial charge is 0.309 e. The molecule has 2 N–H and O–H groups in total. The summed E-state index contributed by atoms with van der Waals surface area (Å²) in [6, 6.07) is 10.2. The lowest BCUT2D eigenvalue weighted by Gasteiger charge is -1.99. The summed E-state index contributed by atoms with van der Waals surface area (Å²) >= 11 is 1.70. The first-order valence-electron chi connectivity index (χ1n) is 5.53. The number of amides is 1. The van der Waals surface area contributed by atoms with E-state index in [0.29, 0.717) is 5.82 Å². The van der Waals surface area contributed by atoms with Crippen LogP contribution in [0, 0.1) is 0 Å². The van der Waals surface area contributed by atoms with E-state index in [9.17, 15) is 4.79 Å². The number of nitrogens with one attached hydrogen (secondary N) is 2. The van der Waals surface area contributed by atoms with Gasteiger partial charge in [0.1, 0.15) is 0 Å². The van der Waals surface area contributed by atoms with Crippen LogP contribution >= 0.6 is 11.3 Å². The van der Waals surface area contributed by atoms with Crippen LogP contribution in [0.4, 0.5) is 5.82 Å². The second-order valence-corrected chi connectivity index (χ2v) is 4.94. The molecular formula is C13H11N3OS. The van der Waals surface area contributed by atoms with Crippen LogP contribution < -0.4 is 5.32 Å². The minimum Gasteiger partial charge on any atom is -0.309 e. The van der Waals surface area contributed by atoms with Gasteiger partial charge < -0.3 is 5.32 Å². The monoisotopic (exact) mass is 257 g/mol. The quantitative estimate of drug-likeness (QED) is 0.740. The number of hydrogen-bond donors (Lipinski definition) is 2. The van der Waals surface area contributed by atoms with E-state index in [4.69, 9.17) is 0 Å². The highest BCUT2D eigenvalue weighted by Gasteiger charge is 2.08. The molecule has 1 amide bonds. The number of carbonyl (C=O) groups is 1. The van der Waals surface area contributed by atoms with Crippen molar-refractivity contribution in [1.29, 1.82) is 0 Å². The third-order valence-corrected chi connectivity index (χ3v) is 3.58. The number of anilines is 1. The van der Waals surface area contributed by atoms with Crippen LogP contribution in [0.15, 0.2) is 35.7 Å². The predicted octanol–water partition coefficient (Wildman–Crippen LogP) is 3.25. The summed E-state index contributed by atoms with van der Waals surface area (Å²) in [5, 5.41) is 12.7. The molecule has 0 spiro atoms. The summed E-state index contributed by atoms with van der Waals surface area (Å²) < 4.78 is 0. The highest BCUT2D eigenvalue weighted by Crippen LogP contribution is 2.29. The van der Waals surface area contributed by atoms with E-state index in [2.05, 4.69) is 27.0 Å². The SMILES string of the molecule is CC(=O)Nc1n[nH]c2cc(-c3cccs3)ccc12. The number of hydrogen-bond acceptors (Lipinski definition) is 3. The van der Waals surface area contributed by atoms with Crippen LogP contribution in [0.1, 0.15) is 6.92 Å². The summed E-state index contributed by atoms with van der Waals surface area (Å²) in [6.07, 6.45) is 0. The lowest BCUT2D eigenvalue weighted by atomic mass is 10.1. The molecule has 2 aromatic heterocycles. The van der Waals surface area contributed by atoms with E-state index >= 15 is 0 Å². The van der Waals surface area contributed by atoms with Gasteiger partial charge in [0, 0.05) is 17.2 Å². The van der Waals surface area contributed by atoms with Crippen molar-refractivity contribution >= 4 is 34.0 Å². The first kappa shape index (κ1) is 11.0. The van der Waals surface area contributed by atoms with Crippen molar-refractivity contribution in [3.8, 4) is 10.4 Å². The average molecular weight is 257 g/mol. The molecule has 1 aromatic carbocycles. The van der Waals surface area contributed by atoms with E-state index in [1.165, 1.54) is 11.8 Å². The summed E-state index contributed by atoms with van der Waals surface area (Å²) in [6.45, 7) is 1.47. The van der Waals surface area contributed by atoms with Gasteiger partial charge in [0.05, 0.1) is 5.52 Å². The molecule has 90 valence electrons. The van der Waals surface area contributed by atoms with Crippen molar-refractivity contribution in [3.63, 3.8) is 0 Å². The predicted molar refractivity (Wildman–Crippen MR) is 73.7 cm³/mol. The Balaban J connectivity index is 2.07. The van der Waals surface area contributed by atoms with Crippen LogP contribution in [-0.4, -0.2) is 16.1 Å². The number of fused-ring (bicyclic) bond motifs is 1. The minimum atomic E-state index is -0.120. The molecule has 18 heavy (non-hydrogen) atoms. The standard InChI is InChI=1S/C13H11N3OS/c1-8(17)14-13-10-5-4-9(7-11(10)15-16-13)12-3-2-6-18-12/h2-7H,1H3,(H2,14,15,16,17). The summed E-state index contributed by atoms with van der Waals surface area (Å²) in [5.41, 5.74) is 2.07. The topological polar surface area (TPSA) is 57.8 Å². The van der Waals surface area contributed by atoms with Crippen molar-refractivity contribution < 1.29 is 4.79 Å². The fraction of sp³-hybridized carbons (Fsp3) is 0.0769. The molecule has 0 radical (unpaired) electrons. The van der Waals surface area contributed by atoms with Gasteiger partial charge in [0.25, 0.3) is 0 Å². The summed E-state index contributed by atoms with van der Waals surface area (Å²) in [5.74, 6) is 0.459. The minimum absolute atomic E-state index is 0.120. The Labute approximate surface area is 108 Å². The van der Waals surface area contributed by atoms with Crippen LogP contribution in [0.5, 0.6) is 0 Å². The zero-order valence-corrected chi connectivity index (χ0v) is 10.5. The van der Waals surface area contributed by atoms with Crippen LogP contribution in [0.3, 0.4) is 0 Å². The Morgan fingerprint density at radius 1 is 1.39 bits per heavy atom. The molecule has 4 nitrogen and oxygen atoms in total. The maximum atomic E-state index is 11.0. The molecule has 0 atom stereocenters. The van der Waals surface area contributed by atoms with E-state index < -0.39 is 0 Å². The van der Waals surface area contributed by atoms with Crippen LogP contribution in [-0.2, 0) is 4.79 Å². The second kappa shape index (κ2) is 4.27. The summed E-state index contributed by atoms with van der Waals surface area (Å²) in [7, 11) is 0. The smallest absolute Gasteiger partial charge is 0.222 e. The maximum Gasteiger partial charge on any atom is 0.222 e. The molecule has 2 heterocycles. The number of thiophene rings is 1. The normalized spacial score (nSPS) is 10.7. The van der Waals surface area contributed by atoms with Crippen LogP contribution in [0.2, 0.25) is 0 Å². The highest BCUT2D eigenvalue weighted by molar-refractivity contribution is 7.13. The van der Waals surface area contributed by atoms with Gasteiger partial charge in [-0.1, -0.05) is 12.1 Å². The fourth-order valence-corrected chi connectivity index (χ4v) is 2.60. The molecule has 0 fully saturated rings. The van der Waals surface area contributed by atoms with Crippen molar-refractivity contribution in [1.82, 2.24) is 10.2 Å². The first-order valence-corrected chi connectivity index (χ1v) is 6.41. The molecule has 3 aromatic rings. The Hall–Kier alpha value is -2.14. The van der Waals surface area contributed by atoms with Gasteiger partial charge in [0.2, 0.25) is 5.91 Å².